The number of hydrogen-bond acceptors (Lipinski definition) is 2. The topological polar surface area (TPSA) is 24.7 Å². The summed E-state index contributed by atoms with van der Waals surface area (Å²) in [7, 11) is 0. The molecule has 2 aromatic rings. The van der Waals surface area contributed by atoms with E-state index in [4.69, 9.17) is 9.98 Å². The molecule has 0 aliphatic rings. The van der Waals surface area contributed by atoms with Crippen LogP contribution in [0.1, 0.15) is 89.2 Å². The maximum absolute atomic E-state index is 5.13. The smallest absolute Gasteiger partial charge is 0.0639 e. The number of benzene rings is 2. The fraction of sp³-hybridized carbons (Fsp3) is 0.500. The fourth-order valence-corrected chi connectivity index (χ4v) is 3.78. The van der Waals surface area contributed by atoms with Crippen LogP contribution in [0, 0.1) is 13.8 Å². The van der Waals surface area contributed by atoms with Crippen molar-refractivity contribution < 1.29 is 16.5 Å². The van der Waals surface area contributed by atoms with E-state index in [9.17, 15) is 0 Å². The van der Waals surface area contributed by atoms with Crippen LogP contribution in [0.2, 0.25) is 0 Å². The van der Waals surface area contributed by atoms with Crippen LogP contribution in [-0.4, -0.2) is 11.4 Å². The summed E-state index contributed by atoms with van der Waals surface area (Å²) < 4.78 is 0. The van der Waals surface area contributed by atoms with Gasteiger partial charge in [-0.3, -0.25) is 9.98 Å². The van der Waals surface area contributed by atoms with E-state index in [-0.39, 0.29) is 16.5 Å². The zero-order chi connectivity index (χ0) is 21.6. The largest absolute Gasteiger partial charge is 0.252 e. The van der Waals surface area contributed by atoms with Crippen molar-refractivity contribution in [3.8, 4) is 0 Å². The molecular formula is C28H40N2Ni. The molecule has 0 amide bonds. The van der Waals surface area contributed by atoms with Crippen molar-refractivity contribution in [2.45, 2.75) is 91.9 Å². The molecule has 3 heteroatoms. The van der Waals surface area contributed by atoms with Crippen LogP contribution in [0.5, 0.6) is 0 Å². The molecule has 0 atom stereocenters. The SMILES string of the molecule is CCCCCCCCC(=Nc1ccccc1)C(CCCC)=Nc1cc(C)cc(C)c1.[Ni]. The van der Waals surface area contributed by atoms with Crippen LogP contribution in [0.15, 0.2) is 58.5 Å². The Morgan fingerprint density at radius 2 is 1.13 bits per heavy atom. The molecule has 0 heterocycles. The average Bonchev–Trinajstić information content (AvgIpc) is 2.73. The summed E-state index contributed by atoms with van der Waals surface area (Å²) >= 11 is 0. The van der Waals surface area contributed by atoms with E-state index in [1.54, 1.807) is 0 Å². The Labute approximate surface area is 200 Å². The number of nitrogens with zero attached hydrogens (tertiary/aromatic N) is 2. The van der Waals surface area contributed by atoms with Gasteiger partial charge in [-0.2, -0.15) is 0 Å². The standard InChI is InChI=1S/C28H40N2.Ni/c1-5-7-9-10-11-15-19-28(29-25-16-13-12-14-17-25)27(18-8-6-2)30-26-21-23(3)20-24(4)22-26;/h12-14,16-17,20-22H,5-11,15,18-19H2,1-4H3;. The summed E-state index contributed by atoms with van der Waals surface area (Å²) in [6, 6.07) is 16.9. The summed E-state index contributed by atoms with van der Waals surface area (Å²) in [5.41, 5.74) is 6.95. The van der Waals surface area contributed by atoms with Crippen LogP contribution in [0.3, 0.4) is 0 Å². The van der Waals surface area contributed by atoms with Gasteiger partial charge in [-0.25, -0.2) is 0 Å². The number of unbranched alkanes of at least 4 members (excludes halogenated alkanes) is 6. The third kappa shape index (κ3) is 10.9. The van der Waals surface area contributed by atoms with Crippen molar-refractivity contribution in [2.24, 2.45) is 9.98 Å². The Morgan fingerprint density at radius 1 is 0.613 bits per heavy atom. The third-order valence-electron chi connectivity index (χ3n) is 5.36. The molecule has 0 unspecified atom stereocenters. The quantitative estimate of drug-likeness (QED) is 0.161. The monoisotopic (exact) mass is 462 g/mol. The summed E-state index contributed by atoms with van der Waals surface area (Å²) in [4.78, 5) is 10.2. The van der Waals surface area contributed by atoms with Gasteiger partial charge in [0.25, 0.3) is 0 Å². The van der Waals surface area contributed by atoms with E-state index in [1.165, 1.54) is 67.5 Å². The van der Waals surface area contributed by atoms with Crippen molar-refractivity contribution in [1.82, 2.24) is 0 Å². The fourth-order valence-electron chi connectivity index (χ4n) is 3.78. The van der Waals surface area contributed by atoms with Gasteiger partial charge in [0.1, 0.15) is 0 Å². The molecule has 0 fully saturated rings. The van der Waals surface area contributed by atoms with Gasteiger partial charge < -0.3 is 0 Å². The molecule has 0 saturated carbocycles. The van der Waals surface area contributed by atoms with Gasteiger partial charge >= 0.3 is 0 Å². The Bertz CT molecular complexity index is 789. The zero-order valence-electron chi connectivity index (χ0n) is 19.9. The van der Waals surface area contributed by atoms with Gasteiger partial charge in [0.15, 0.2) is 0 Å². The summed E-state index contributed by atoms with van der Waals surface area (Å²) in [5.74, 6) is 0. The summed E-state index contributed by atoms with van der Waals surface area (Å²) in [5, 5.41) is 0. The maximum Gasteiger partial charge on any atom is 0.0639 e. The van der Waals surface area contributed by atoms with Crippen LogP contribution >= 0.6 is 0 Å². The van der Waals surface area contributed by atoms with Crippen molar-refractivity contribution in [1.29, 1.82) is 0 Å². The van der Waals surface area contributed by atoms with Crippen LogP contribution in [0.4, 0.5) is 11.4 Å². The maximum atomic E-state index is 5.13. The van der Waals surface area contributed by atoms with E-state index in [1.807, 2.05) is 6.07 Å². The average molecular weight is 463 g/mol. The number of rotatable bonds is 13. The van der Waals surface area contributed by atoms with Crippen molar-refractivity contribution >= 4 is 22.8 Å². The van der Waals surface area contributed by atoms with E-state index in [0.717, 1.165) is 30.6 Å². The number of aryl methyl sites for hydroxylation is 2. The number of para-hydroxylation sites is 1. The van der Waals surface area contributed by atoms with Crippen molar-refractivity contribution in [2.75, 3.05) is 0 Å². The molecule has 0 spiro atoms. The molecule has 2 aromatic carbocycles. The first-order valence-corrected chi connectivity index (χ1v) is 11.9. The Morgan fingerprint density at radius 3 is 1.74 bits per heavy atom. The normalized spacial score (nSPS) is 12.0. The van der Waals surface area contributed by atoms with Crippen molar-refractivity contribution in [3.05, 3.63) is 59.7 Å². The Hall–Kier alpha value is -1.73. The van der Waals surface area contributed by atoms with Gasteiger partial charge in [0.05, 0.1) is 22.8 Å². The zero-order valence-corrected chi connectivity index (χ0v) is 20.9. The molecule has 0 aliphatic carbocycles. The number of hydrogen-bond donors (Lipinski definition) is 0. The first kappa shape index (κ1) is 27.3. The minimum Gasteiger partial charge on any atom is -0.252 e. The molecule has 172 valence electrons. The first-order chi connectivity index (χ1) is 14.6. The molecule has 0 aromatic heterocycles. The van der Waals surface area contributed by atoms with Crippen LogP contribution < -0.4 is 0 Å². The minimum atomic E-state index is 0. The second kappa shape index (κ2) is 16.0. The predicted octanol–water partition coefficient (Wildman–Crippen LogP) is 9.09. The first-order valence-electron chi connectivity index (χ1n) is 11.9. The number of aliphatic imine (C=N–C) groups is 2. The Kier molecular flexibility index (Phi) is 14.1. The second-order valence-corrected chi connectivity index (χ2v) is 8.42. The molecule has 0 saturated heterocycles. The van der Waals surface area contributed by atoms with Crippen LogP contribution in [0.25, 0.3) is 0 Å². The minimum absolute atomic E-state index is 0. The summed E-state index contributed by atoms with van der Waals surface area (Å²) in [6.07, 6.45) is 12.1. The predicted molar refractivity (Wildman–Crippen MR) is 134 cm³/mol. The van der Waals surface area contributed by atoms with E-state index in [2.05, 4.69) is 70.2 Å². The molecule has 31 heavy (non-hydrogen) atoms. The molecule has 0 bridgehead atoms. The van der Waals surface area contributed by atoms with Gasteiger partial charge in [0.2, 0.25) is 0 Å². The van der Waals surface area contributed by atoms with E-state index >= 15 is 0 Å². The molecular weight excluding hydrogens is 423 g/mol. The van der Waals surface area contributed by atoms with E-state index in [0.29, 0.717) is 0 Å². The van der Waals surface area contributed by atoms with Gasteiger partial charge in [-0.15, -0.1) is 0 Å². The molecule has 2 nitrogen and oxygen atoms in total. The van der Waals surface area contributed by atoms with Gasteiger partial charge in [-0.1, -0.05) is 76.6 Å². The molecule has 0 N–H and O–H groups in total. The van der Waals surface area contributed by atoms with Crippen LogP contribution in [-0.2, 0) is 16.5 Å². The van der Waals surface area contributed by atoms with E-state index < -0.39 is 0 Å². The Balaban J connectivity index is 0.00000480. The second-order valence-electron chi connectivity index (χ2n) is 8.42. The summed E-state index contributed by atoms with van der Waals surface area (Å²) in [6.45, 7) is 8.81. The van der Waals surface area contributed by atoms with Gasteiger partial charge in [0, 0.05) is 16.5 Å². The van der Waals surface area contributed by atoms with Crippen molar-refractivity contribution in [3.63, 3.8) is 0 Å². The third-order valence-corrected chi connectivity index (χ3v) is 5.36. The molecule has 2 rings (SSSR count). The van der Waals surface area contributed by atoms with Gasteiger partial charge in [-0.05, 0) is 74.9 Å². The molecule has 0 radical (unpaired) electrons. The molecule has 0 aliphatic heterocycles.